The first-order chi connectivity index (χ1) is 15.4. The molecule has 0 saturated carbocycles. The molecule has 3 amide bonds. The van der Waals surface area contributed by atoms with E-state index in [2.05, 4.69) is 20.8 Å². The lowest BCUT2D eigenvalue weighted by atomic mass is 9.99. The van der Waals surface area contributed by atoms with Crippen LogP contribution >= 0.6 is 11.3 Å². The van der Waals surface area contributed by atoms with E-state index in [0.29, 0.717) is 36.3 Å². The van der Waals surface area contributed by atoms with Crippen LogP contribution in [0.25, 0.3) is 0 Å². The number of nitrogens with one attached hydrogen (secondary N) is 2. The first-order valence-corrected chi connectivity index (χ1v) is 10.6. The number of carbonyl (C=O) groups is 2. The van der Waals surface area contributed by atoms with Crippen molar-refractivity contribution in [2.75, 3.05) is 23.7 Å². The van der Waals surface area contributed by atoms with E-state index in [1.54, 1.807) is 0 Å². The zero-order valence-electron chi connectivity index (χ0n) is 16.6. The van der Waals surface area contributed by atoms with Crippen LogP contribution in [0.5, 0.6) is 0 Å². The molecule has 0 aliphatic carbocycles. The van der Waals surface area contributed by atoms with Gasteiger partial charge in [-0.3, -0.25) is 4.79 Å². The van der Waals surface area contributed by atoms with E-state index in [-0.39, 0.29) is 16.6 Å². The molecule has 1 aromatic heterocycles. The van der Waals surface area contributed by atoms with E-state index in [1.807, 2.05) is 0 Å². The van der Waals surface area contributed by atoms with Gasteiger partial charge in [0.05, 0.1) is 5.69 Å². The Kier molecular flexibility index (Phi) is 6.35. The fraction of sp³-hybridized carbons (Fsp3) is 0.238. The number of amides is 3. The van der Waals surface area contributed by atoms with Gasteiger partial charge in [0.25, 0.3) is 5.91 Å². The predicted molar refractivity (Wildman–Crippen MR) is 113 cm³/mol. The molecule has 1 fully saturated rings. The minimum Gasteiger partial charge on any atom is -0.324 e. The lowest BCUT2D eigenvalue weighted by Gasteiger charge is -2.31. The standard InChI is InChI=1S/C21H18F3N5O2S/c22-13-3-6-15(7-4-13)25-18(30)20-28-27-19(32-20)12-2-1-9-29(11-12)21(31)26-17-8-5-14(23)10-16(17)24/h3-8,10,12H,1-2,9,11H2,(H,25,30)(H,26,31)/t12-/m0/s1. The fourth-order valence-corrected chi connectivity index (χ4v) is 4.22. The molecule has 7 nitrogen and oxygen atoms in total. The van der Waals surface area contributed by atoms with Crippen LogP contribution < -0.4 is 10.6 Å². The van der Waals surface area contributed by atoms with Gasteiger partial charge in [0.15, 0.2) is 0 Å². The van der Waals surface area contributed by atoms with Crippen LogP contribution in [0.2, 0.25) is 0 Å². The van der Waals surface area contributed by atoms with Gasteiger partial charge in [-0.05, 0) is 49.2 Å². The molecule has 0 radical (unpaired) electrons. The molecular weight excluding hydrogens is 443 g/mol. The number of benzene rings is 2. The molecule has 2 heterocycles. The van der Waals surface area contributed by atoms with Crippen molar-refractivity contribution < 1.29 is 22.8 Å². The molecule has 0 spiro atoms. The molecule has 4 rings (SSSR count). The summed E-state index contributed by atoms with van der Waals surface area (Å²) in [6, 6.07) is 7.79. The number of likely N-dealkylation sites (tertiary alicyclic amines) is 1. The summed E-state index contributed by atoms with van der Waals surface area (Å²) in [4.78, 5) is 26.5. The minimum atomic E-state index is -0.854. The number of hydrogen-bond donors (Lipinski definition) is 2. The topological polar surface area (TPSA) is 87.2 Å². The van der Waals surface area contributed by atoms with Crippen molar-refractivity contribution in [1.29, 1.82) is 0 Å². The lowest BCUT2D eigenvalue weighted by molar-refractivity contribution is 0.102. The van der Waals surface area contributed by atoms with Gasteiger partial charge in [0.1, 0.15) is 22.5 Å². The third-order valence-electron chi connectivity index (χ3n) is 4.97. The zero-order valence-corrected chi connectivity index (χ0v) is 17.5. The van der Waals surface area contributed by atoms with E-state index in [0.717, 1.165) is 23.8 Å². The zero-order chi connectivity index (χ0) is 22.7. The number of nitrogens with zero attached hydrogens (tertiary/aromatic N) is 3. The first-order valence-electron chi connectivity index (χ1n) is 9.80. The number of anilines is 2. The predicted octanol–water partition coefficient (Wildman–Crippen LogP) is 4.62. The van der Waals surface area contributed by atoms with Gasteiger partial charge in [-0.25, -0.2) is 18.0 Å². The highest BCUT2D eigenvalue weighted by Crippen LogP contribution is 2.30. The van der Waals surface area contributed by atoms with Crippen LogP contribution in [-0.2, 0) is 0 Å². The lowest BCUT2D eigenvalue weighted by Crippen LogP contribution is -2.41. The Labute approximate surface area is 185 Å². The van der Waals surface area contributed by atoms with Crippen LogP contribution in [0, 0.1) is 17.5 Å². The average molecular weight is 461 g/mol. The van der Waals surface area contributed by atoms with Crippen molar-refractivity contribution in [3.05, 3.63) is 69.9 Å². The summed E-state index contributed by atoms with van der Waals surface area (Å²) in [5, 5.41) is 13.9. The SMILES string of the molecule is O=C(Nc1ccc(F)cc1)c1nnc([C@H]2CCCN(C(=O)Nc3ccc(F)cc3F)C2)s1. The second-order valence-corrected chi connectivity index (χ2v) is 8.26. The number of rotatable bonds is 4. The summed E-state index contributed by atoms with van der Waals surface area (Å²) in [6.07, 6.45) is 1.45. The van der Waals surface area contributed by atoms with Gasteiger partial charge >= 0.3 is 6.03 Å². The Morgan fingerprint density at radius 2 is 1.75 bits per heavy atom. The van der Waals surface area contributed by atoms with Crippen LogP contribution in [-0.4, -0.2) is 40.1 Å². The van der Waals surface area contributed by atoms with Crippen LogP contribution in [0.1, 0.15) is 33.6 Å². The number of piperidine rings is 1. The average Bonchev–Trinajstić information content (AvgIpc) is 3.28. The molecule has 11 heteroatoms. The Morgan fingerprint density at radius 3 is 2.50 bits per heavy atom. The molecule has 1 atom stereocenters. The molecule has 166 valence electrons. The third kappa shape index (κ3) is 5.05. The summed E-state index contributed by atoms with van der Waals surface area (Å²) in [6.45, 7) is 0.796. The Bertz CT molecular complexity index is 1140. The molecule has 2 N–H and O–H groups in total. The summed E-state index contributed by atoms with van der Waals surface area (Å²) in [7, 11) is 0. The van der Waals surface area contributed by atoms with E-state index < -0.39 is 29.4 Å². The monoisotopic (exact) mass is 461 g/mol. The summed E-state index contributed by atoms with van der Waals surface area (Å²) < 4.78 is 39.9. The van der Waals surface area contributed by atoms with Gasteiger partial charge in [-0.2, -0.15) is 0 Å². The number of urea groups is 1. The quantitative estimate of drug-likeness (QED) is 0.594. The van der Waals surface area contributed by atoms with E-state index >= 15 is 0 Å². The number of carbonyl (C=O) groups excluding carboxylic acids is 2. The Balaban J connectivity index is 1.39. The number of halogens is 3. The van der Waals surface area contributed by atoms with Crippen molar-refractivity contribution in [2.45, 2.75) is 18.8 Å². The van der Waals surface area contributed by atoms with Crippen molar-refractivity contribution in [3.63, 3.8) is 0 Å². The molecule has 0 unspecified atom stereocenters. The van der Waals surface area contributed by atoms with Crippen molar-refractivity contribution in [2.24, 2.45) is 0 Å². The maximum Gasteiger partial charge on any atom is 0.321 e. The van der Waals surface area contributed by atoms with E-state index in [4.69, 9.17) is 0 Å². The Hall–Kier alpha value is -3.47. The van der Waals surface area contributed by atoms with E-state index in [9.17, 15) is 22.8 Å². The van der Waals surface area contributed by atoms with Crippen molar-refractivity contribution >= 4 is 34.6 Å². The number of hydrogen-bond acceptors (Lipinski definition) is 5. The third-order valence-corrected chi connectivity index (χ3v) is 6.05. The largest absolute Gasteiger partial charge is 0.324 e. The van der Waals surface area contributed by atoms with Crippen LogP contribution in [0.4, 0.5) is 29.3 Å². The van der Waals surface area contributed by atoms with Crippen molar-refractivity contribution in [1.82, 2.24) is 15.1 Å². The van der Waals surface area contributed by atoms with Gasteiger partial charge in [0, 0.05) is 30.8 Å². The maximum atomic E-state index is 13.8. The highest BCUT2D eigenvalue weighted by Gasteiger charge is 2.28. The molecule has 32 heavy (non-hydrogen) atoms. The minimum absolute atomic E-state index is 0.103. The van der Waals surface area contributed by atoms with Gasteiger partial charge in [-0.1, -0.05) is 11.3 Å². The highest BCUT2D eigenvalue weighted by molar-refractivity contribution is 7.13. The molecular formula is C21H18F3N5O2S. The highest BCUT2D eigenvalue weighted by atomic mass is 32.1. The molecule has 0 bridgehead atoms. The molecule has 3 aromatic rings. The first kappa shape index (κ1) is 21.8. The normalized spacial score (nSPS) is 16.0. The van der Waals surface area contributed by atoms with Crippen molar-refractivity contribution in [3.8, 4) is 0 Å². The van der Waals surface area contributed by atoms with Crippen LogP contribution in [0.3, 0.4) is 0 Å². The summed E-state index contributed by atoms with van der Waals surface area (Å²) in [5.74, 6) is -2.58. The fourth-order valence-electron chi connectivity index (χ4n) is 3.36. The molecule has 1 aliphatic rings. The molecule has 2 aromatic carbocycles. The second-order valence-electron chi connectivity index (χ2n) is 7.25. The molecule has 1 saturated heterocycles. The molecule has 1 aliphatic heterocycles. The van der Waals surface area contributed by atoms with Crippen LogP contribution in [0.15, 0.2) is 42.5 Å². The second kappa shape index (κ2) is 9.35. The van der Waals surface area contributed by atoms with Gasteiger partial charge in [-0.15, -0.1) is 10.2 Å². The Morgan fingerprint density at radius 1 is 1.00 bits per heavy atom. The summed E-state index contributed by atoms with van der Waals surface area (Å²) >= 11 is 1.12. The maximum absolute atomic E-state index is 13.8. The summed E-state index contributed by atoms with van der Waals surface area (Å²) in [5.41, 5.74) is 0.330. The van der Waals surface area contributed by atoms with Gasteiger partial charge in [0.2, 0.25) is 5.01 Å². The van der Waals surface area contributed by atoms with E-state index in [1.165, 1.54) is 35.2 Å². The van der Waals surface area contributed by atoms with Gasteiger partial charge < -0.3 is 15.5 Å². The smallest absolute Gasteiger partial charge is 0.321 e. The number of aromatic nitrogens is 2.